The Labute approximate surface area is 136 Å². The predicted molar refractivity (Wildman–Crippen MR) is 91.2 cm³/mol. The van der Waals surface area contributed by atoms with Gasteiger partial charge in [0.1, 0.15) is 11.6 Å². The van der Waals surface area contributed by atoms with E-state index in [0.717, 1.165) is 22.4 Å². The Hall–Kier alpha value is -2.56. The monoisotopic (exact) mass is 315 g/mol. The van der Waals surface area contributed by atoms with Crippen molar-refractivity contribution in [3.05, 3.63) is 65.0 Å². The molecule has 0 spiro atoms. The van der Waals surface area contributed by atoms with Gasteiger partial charge in [-0.05, 0) is 41.8 Å². The lowest BCUT2D eigenvalue weighted by molar-refractivity contribution is 0.411. The summed E-state index contributed by atoms with van der Waals surface area (Å²) in [5, 5.41) is 6.45. The molecule has 2 aromatic rings. The molecule has 0 aliphatic rings. The molecule has 0 fully saturated rings. The van der Waals surface area contributed by atoms with Gasteiger partial charge in [0.05, 0.1) is 7.11 Å². The fourth-order valence-corrected chi connectivity index (χ4v) is 2.17. The minimum absolute atomic E-state index is 0.232. The van der Waals surface area contributed by atoms with Crippen LogP contribution >= 0.6 is 0 Å². The van der Waals surface area contributed by atoms with Crippen LogP contribution in [-0.4, -0.2) is 20.1 Å². The quantitative estimate of drug-likeness (QED) is 0.658. The van der Waals surface area contributed by atoms with Crippen molar-refractivity contribution in [3.63, 3.8) is 0 Å². The maximum absolute atomic E-state index is 12.9. The summed E-state index contributed by atoms with van der Waals surface area (Å²) in [5.74, 6) is 1.33. The number of ether oxygens (including phenoxy) is 1. The van der Waals surface area contributed by atoms with Crippen molar-refractivity contribution in [2.75, 3.05) is 14.2 Å². The van der Waals surface area contributed by atoms with E-state index in [-0.39, 0.29) is 5.82 Å². The number of methoxy groups -OCH3 is 1. The molecule has 0 unspecified atom stereocenters. The molecular formula is C18H22FN3O. The highest BCUT2D eigenvalue weighted by Gasteiger charge is 2.02. The van der Waals surface area contributed by atoms with Crippen LogP contribution in [0.3, 0.4) is 0 Å². The van der Waals surface area contributed by atoms with E-state index in [1.807, 2.05) is 19.1 Å². The van der Waals surface area contributed by atoms with Crippen LogP contribution in [0, 0.1) is 12.7 Å². The van der Waals surface area contributed by atoms with E-state index in [9.17, 15) is 4.39 Å². The van der Waals surface area contributed by atoms with Crippen molar-refractivity contribution in [1.29, 1.82) is 0 Å². The molecule has 0 aromatic heterocycles. The lowest BCUT2D eigenvalue weighted by atomic mass is 10.1. The second-order valence-corrected chi connectivity index (χ2v) is 5.21. The molecule has 0 atom stereocenters. The second-order valence-electron chi connectivity index (χ2n) is 5.21. The number of hydrogen-bond donors (Lipinski definition) is 2. The lowest BCUT2D eigenvalue weighted by Gasteiger charge is -2.13. The second kappa shape index (κ2) is 8.17. The van der Waals surface area contributed by atoms with Crippen LogP contribution in [0.1, 0.15) is 16.7 Å². The molecule has 23 heavy (non-hydrogen) atoms. The number of hydrogen-bond acceptors (Lipinski definition) is 2. The van der Waals surface area contributed by atoms with E-state index in [2.05, 4.69) is 21.7 Å². The number of aliphatic imine (C=N–C) groups is 1. The molecule has 0 radical (unpaired) electrons. The van der Waals surface area contributed by atoms with Gasteiger partial charge in [-0.15, -0.1) is 0 Å². The van der Waals surface area contributed by atoms with Gasteiger partial charge >= 0.3 is 0 Å². The fraction of sp³-hybridized carbons (Fsp3) is 0.278. The summed E-state index contributed by atoms with van der Waals surface area (Å²) in [5.41, 5.74) is 3.21. The van der Waals surface area contributed by atoms with Gasteiger partial charge in [-0.2, -0.15) is 0 Å². The summed E-state index contributed by atoms with van der Waals surface area (Å²) in [7, 11) is 3.39. The molecule has 4 nitrogen and oxygen atoms in total. The van der Waals surface area contributed by atoms with Gasteiger partial charge in [-0.3, -0.25) is 4.99 Å². The predicted octanol–water partition coefficient (Wildman–Crippen LogP) is 3.01. The summed E-state index contributed by atoms with van der Waals surface area (Å²) in [6.07, 6.45) is 0. The zero-order valence-electron chi connectivity index (χ0n) is 13.7. The first kappa shape index (κ1) is 16.8. The van der Waals surface area contributed by atoms with E-state index in [4.69, 9.17) is 4.74 Å². The third kappa shape index (κ3) is 4.98. The molecule has 2 N–H and O–H groups in total. The van der Waals surface area contributed by atoms with Crippen LogP contribution in [0.4, 0.5) is 4.39 Å². The largest absolute Gasteiger partial charge is 0.496 e. The van der Waals surface area contributed by atoms with Crippen LogP contribution < -0.4 is 15.4 Å². The normalized spacial score (nSPS) is 11.2. The molecule has 2 rings (SSSR count). The molecule has 0 saturated carbocycles. The number of benzene rings is 2. The molecular weight excluding hydrogens is 293 g/mol. The van der Waals surface area contributed by atoms with E-state index < -0.39 is 0 Å². The van der Waals surface area contributed by atoms with E-state index in [1.165, 1.54) is 12.1 Å². The first-order chi connectivity index (χ1) is 11.1. The first-order valence-electron chi connectivity index (χ1n) is 7.45. The van der Waals surface area contributed by atoms with Crippen LogP contribution in [0.2, 0.25) is 0 Å². The zero-order valence-corrected chi connectivity index (χ0v) is 13.7. The highest BCUT2D eigenvalue weighted by Crippen LogP contribution is 2.18. The molecule has 5 heteroatoms. The van der Waals surface area contributed by atoms with Crippen molar-refractivity contribution in [1.82, 2.24) is 10.6 Å². The maximum atomic E-state index is 12.9. The molecule has 0 aliphatic heterocycles. The topological polar surface area (TPSA) is 45.7 Å². The van der Waals surface area contributed by atoms with Gasteiger partial charge in [-0.1, -0.05) is 24.3 Å². The fourth-order valence-electron chi connectivity index (χ4n) is 2.17. The third-order valence-corrected chi connectivity index (χ3v) is 3.53. The van der Waals surface area contributed by atoms with Crippen molar-refractivity contribution in [3.8, 4) is 5.75 Å². The van der Waals surface area contributed by atoms with Crippen molar-refractivity contribution in [2.45, 2.75) is 20.0 Å². The van der Waals surface area contributed by atoms with Gasteiger partial charge < -0.3 is 15.4 Å². The highest BCUT2D eigenvalue weighted by atomic mass is 19.1. The molecule has 2 aromatic carbocycles. The summed E-state index contributed by atoms with van der Waals surface area (Å²) in [6, 6.07) is 12.5. The average molecular weight is 315 g/mol. The van der Waals surface area contributed by atoms with Gasteiger partial charge in [0.2, 0.25) is 0 Å². The minimum Gasteiger partial charge on any atom is -0.496 e. The highest BCUT2D eigenvalue weighted by molar-refractivity contribution is 5.79. The van der Waals surface area contributed by atoms with Gasteiger partial charge in [0, 0.05) is 20.1 Å². The number of nitrogens with one attached hydrogen (secondary N) is 2. The number of halogens is 1. The summed E-state index contributed by atoms with van der Waals surface area (Å²) < 4.78 is 18.2. The molecule has 0 amide bonds. The SMILES string of the molecule is CN=C(NCc1ccc(F)cc1)NCc1ccc(C)c(OC)c1. The average Bonchev–Trinajstić information content (AvgIpc) is 2.57. The third-order valence-electron chi connectivity index (χ3n) is 3.53. The number of guanidine groups is 1. The summed E-state index contributed by atoms with van der Waals surface area (Å²) in [6.45, 7) is 3.23. The van der Waals surface area contributed by atoms with Crippen molar-refractivity contribution < 1.29 is 9.13 Å². The molecule has 122 valence electrons. The van der Waals surface area contributed by atoms with Gasteiger partial charge in [0.25, 0.3) is 0 Å². The smallest absolute Gasteiger partial charge is 0.191 e. The lowest BCUT2D eigenvalue weighted by Crippen LogP contribution is -2.36. The standard InChI is InChI=1S/C18H22FN3O/c1-13-4-5-15(10-17(13)23-3)12-22-18(20-2)21-11-14-6-8-16(19)9-7-14/h4-10H,11-12H2,1-3H3,(H2,20,21,22). The summed E-state index contributed by atoms with van der Waals surface area (Å²) in [4.78, 5) is 4.18. The van der Waals surface area contributed by atoms with Crippen LogP contribution in [-0.2, 0) is 13.1 Å². The van der Waals surface area contributed by atoms with Crippen LogP contribution in [0.15, 0.2) is 47.5 Å². The zero-order chi connectivity index (χ0) is 16.7. The summed E-state index contributed by atoms with van der Waals surface area (Å²) >= 11 is 0. The van der Waals surface area contributed by atoms with Crippen molar-refractivity contribution >= 4 is 5.96 Å². The van der Waals surface area contributed by atoms with Gasteiger partial charge in [0.15, 0.2) is 5.96 Å². The number of rotatable bonds is 5. The maximum Gasteiger partial charge on any atom is 0.191 e. The Morgan fingerprint density at radius 1 is 1.04 bits per heavy atom. The van der Waals surface area contributed by atoms with E-state index in [0.29, 0.717) is 19.0 Å². The Morgan fingerprint density at radius 3 is 2.26 bits per heavy atom. The molecule has 0 bridgehead atoms. The van der Waals surface area contributed by atoms with E-state index >= 15 is 0 Å². The van der Waals surface area contributed by atoms with Crippen molar-refractivity contribution in [2.24, 2.45) is 4.99 Å². The molecule has 0 heterocycles. The van der Waals surface area contributed by atoms with E-state index in [1.54, 1.807) is 26.3 Å². The Balaban J connectivity index is 1.89. The number of aryl methyl sites for hydroxylation is 1. The number of nitrogens with zero attached hydrogens (tertiary/aromatic N) is 1. The van der Waals surface area contributed by atoms with Gasteiger partial charge in [-0.25, -0.2) is 4.39 Å². The van der Waals surface area contributed by atoms with Crippen LogP contribution in [0.25, 0.3) is 0 Å². The van der Waals surface area contributed by atoms with Crippen LogP contribution in [0.5, 0.6) is 5.75 Å². The Bertz CT molecular complexity index is 668. The minimum atomic E-state index is -0.232. The molecule has 0 aliphatic carbocycles. The molecule has 0 saturated heterocycles. The first-order valence-corrected chi connectivity index (χ1v) is 7.45. The Kier molecular flexibility index (Phi) is 5.97. The Morgan fingerprint density at radius 2 is 1.65 bits per heavy atom.